The maximum atomic E-state index is 6.03. The van der Waals surface area contributed by atoms with Crippen LogP contribution in [0, 0.1) is 0 Å². The van der Waals surface area contributed by atoms with Crippen molar-refractivity contribution < 1.29 is 9.47 Å². The Balaban J connectivity index is 0.000000688. The molecule has 0 fully saturated rings. The number of fused-ring (bicyclic) bond motifs is 2. The second-order valence-electron chi connectivity index (χ2n) is 9.78. The first-order valence-electron chi connectivity index (χ1n) is 12.2. The molecule has 13 heteroatoms. The highest BCUT2D eigenvalue weighted by Crippen LogP contribution is 2.26. The maximum Gasteiger partial charge on any atom is 0.148 e. The number of likely N-dealkylation sites (N-methyl/N-ethyl adjacent to an activating group) is 2. The number of thiocarbonyl (C=S) groups is 2. The summed E-state index contributed by atoms with van der Waals surface area (Å²) in [7, 11) is 12.3. The number of hydrogen-bond donors (Lipinski definition) is 0. The molecule has 2 unspecified atom stereocenters. The van der Waals surface area contributed by atoms with E-state index in [1.54, 1.807) is 24.8 Å². The molecule has 39 heavy (non-hydrogen) atoms. The molecule has 0 saturated heterocycles. The zero-order chi connectivity index (χ0) is 26.2. The van der Waals surface area contributed by atoms with Crippen LogP contribution in [-0.4, -0.2) is 120 Å². The van der Waals surface area contributed by atoms with E-state index in [9.17, 15) is 0 Å². The van der Waals surface area contributed by atoms with E-state index >= 15 is 0 Å². The van der Waals surface area contributed by atoms with Gasteiger partial charge < -0.3 is 29.1 Å². The first-order chi connectivity index (χ1) is 17.2. The fraction of sp³-hybridized carbons (Fsp3) is 0.538. The van der Waals surface area contributed by atoms with Crippen molar-refractivity contribution in [2.75, 3.05) is 68.5 Å². The smallest absolute Gasteiger partial charge is 0.148 e. The van der Waals surface area contributed by atoms with Gasteiger partial charge in [0, 0.05) is 39.6 Å². The molecule has 2 atom stereocenters. The molecule has 0 N–H and O–H groups in total. The third-order valence-corrected chi connectivity index (χ3v) is 7.13. The molecule has 2 aliphatic heterocycles. The zero-order valence-corrected chi connectivity index (χ0v) is 27.5. The van der Waals surface area contributed by atoms with Crippen LogP contribution in [0.1, 0.15) is 24.0 Å². The molecule has 0 spiro atoms. The van der Waals surface area contributed by atoms with Gasteiger partial charge >= 0.3 is 0 Å². The number of pyridine rings is 2. The van der Waals surface area contributed by atoms with E-state index in [-0.39, 0.29) is 49.4 Å². The third-order valence-electron chi connectivity index (χ3n) is 6.06. The van der Waals surface area contributed by atoms with Gasteiger partial charge in [0.05, 0.1) is 36.6 Å². The number of halogens is 3. The first kappa shape index (κ1) is 37.5. The van der Waals surface area contributed by atoms with Gasteiger partial charge in [-0.15, -0.1) is 37.2 Å². The Labute approximate surface area is 262 Å². The van der Waals surface area contributed by atoms with Crippen LogP contribution in [0.3, 0.4) is 0 Å². The van der Waals surface area contributed by atoms with E-state index in [0.29, 0.717) is 0 Å². The van der Waals surface area contributed by atoms with Crippen molar-refractivity contribution in [3.05, 3.63) is 48.0 Å². The van der Waals surface area contributed by atoms with Gasteiger partial charge in [0.25, 0.3) is 0 Å². The fourth-order valence-electron chi connectivity index (χ4n) is 4.03. The fourth-order valence-corrected chi connectivity index (χ4v) is 4.51. The van der Waals surface area contributed by atoms with Crippen LogP contribution in [0.5, 0.6) is 11.5 Å². The summed E-state index contributed by atoms with van der Waals surface area (Å²) in [6.07, 6.45) is 9.28. The number of ether oxygens (including phenoxy) is 2. The van der Waals surface area contributed by atoms with E-state index in [4.69, 9.17) is 33.9 Å². The molecule has 220 valence electrons. The van der Waals surface area contributed by atoms with Gasteiger partial charge in [-0.1, -0.05) is 24.4 Å². The van der Waals surface area contributed by atoms with Crippen molar-refractivity contribution in [3.8, 4) is 11.5 Å². The minimum atomic E-state index is 0. The van der Waals surface area contributed by atoms with Gasteiger partial charge in [0.1, 0.15) is 33.7 Å². The lowest BCUT2D eigenvalue weighted by atomic mass is 10.2. The second-order valence-corrected chi connectivity index (χ2v) is 10.6. The summed E-state index contributed by atoms with van der Waals surface area (Å²) in [4.78, 5) is 18.4. The second kappa shape index (κ2) is 18.0. The minimum absolute atomic E-state index is 0. The van der Waals surface area contributed by atoms with Crippen LogP contribution in [0.25, 0.3) is 0 Å². The molecule has 8 nitrogen and oxygen atoms in total. The molecule has 2 aliphatic rings. The van der Waals surface area contributed by atoms with E-state index < -0.39 is 0 Å². The van der Waals surface area contributed by atoms with Gasteiger partial charge in [-0.05, 0) is 53.2 Å². The van der Waals surface area contributed by atoms with Gasteiger partial charge in [-0.25, -0.2) is 0 Å². The van der Waals surface area contributed by atoms with Gasteiger partial charge in [-0.3, -0.25) is 9.97 Å². The summed E-state index contributed by atoms with van der Waals surface area (Å²) in [5.74, 6) is 1.60. The summed E-state index contributed by atoms with van der Waals surface area (Å²) in [6.45, 7) is 3.64. The molecule has 2 aromatic rings. The van der Waals surface area contributed by atoms with Gasteiger partial charge in [0.15, 0.2) is 0 Å². The normalized spacial score (nSPS) is 17.9. The molecule has 0 saturated carbocycles. The predicted molar refractivity (Wildman–Crippen MR) is 174 cm³/mol. The summed E-state index contributed by atoms with van der Waals surface area (Å²) >= 11 is 10.9. The van der Waals surface area contributed by atoms with Crippen molar-refractivity contribution >= 4 is 71.6 Å². The predicted octanol–water partition coefficient (Wildman–Crippen LogP) is 4.07. The van der Waals surface area contributed by atoms with Crippen molar-refractivity contribution in [1.82, 2.24) is 29.6 Å². The number of nitrogens with zero attached hydrogens (tertiary/aromatic N) is 6. The molecule has 4 rings (SSSR count). The summed E-state index contributed by atoms with van der Waals surface area (Å²) < 4.78 is 12.1. The molecular weight excluding hydrogens is 599 g/mol. The van der Waals surface area contributed by atoms with Crippen LogP contribution in [0.4, 0.5) is 0 Å². The number of aromatic nitrogens is 2. The Bertz CT molecular complexity index is 969. The lowest BCUT2D eigenvalue weighted by molar-refractivity contribution is 0.159. The Morgan fingerprint density at radius 2 is 1.10 bits per heavy atom. The maximum absolute atomic E-state index is 6.03. The quantitative estimate of drug-likeness (QED) is 0.433. The summed E-state index contributed by atoms with van der Waals surface area (Å²) in [6, 6.07) is 3.84. The Hall–Kier alpha value is -1.53. The number of rotatable bonds is 6. The topological polar surface area (TPSA) is 57.2 Å². The van der Waals surface area contributed by atoms with Crippen LogP contribution >= 0.6 is 61.7 Å². The summed E-state index contributed by atoms with van der Waals surface area (Å²) in [5, 5.41) is 0. The molecule has 0 amide bonds. The van der Waals surface area contributed by atoms with Crippen molar-refractivity contribution in [3.63, 3.8) is 0 Å². The van der Waals surface area contributed by atoms with Crippen LogP contribution in [-0.2, 0) is 0 Å². The lowest BCUT2D eigenvalue weighted by Gasteiger charge is -2.22. The molecule has 2 aromatic heterocycles. The van der Waals surface area contributed by atoms with Crippen molar-refractivity contribution in [2.45, 2.75) is 25.0 Å². The molecule has 0 aliphatic carbocycles. The van der Waals surface area contributed by atoms with Crippen molar-refractivity contribution in [2.24, 2.45) is 0 Å². The van der Waals surface area contributed by atoms with Crippen LogP contribution < -0.4 is 9.47 Å². The van der Waals surface area contributed by atoms with E-state index in [1.165, 1.54) is 0 Å². The molecule has 4 heterocycles. The zero-order valence-electron chi connectivity index (χ0n) is 23.4. The monoisotopic (exact) mass is 638 g/mol. The largest absolute Gasteiger partial charge is 0.486 e. The standard InChI is InChI=1S/2C13H19N3OS.3ClH/c2*1-15(2)7-5-10-9-16(3)13(18)11-4-6-14-8-12(11)17-10;;;/h2*4,6,8,10H,5,7,9H2,1-3H3;3*1H. The summed E-state index contributed by atoms with van der Waals surface area (Å²) in [5.41, 5.74) is 1.93. The minimum Gasteiger partial charge on any atom is -0.486 e. The number of hydrogen-bond acceptors (Lipinski definition) is 8. The molecular formula is C26H41Cl3N6O2S2. The first-order valence-corrected chi connectivity index (χ1v) is 13.0. The average molecular weight is 640 g/mol. The highest BCUT2D eigenvalue weighted by atomic mass is 35.5. The average Bonchev–Trinajstić information content (AvgIpc) is 3.05. The Morgan fingerprint density at radius 1 is 0.744 bits per heavy atom. The Morgan fingerprint density at radius 3 is 1.44 bits per heavy atom. The molecule has 0 aromatic carbocycles. The van der Waals surface area contributed by atoms with Gasteiger partial charge in [0.2, 0.25) is 0 Å². The van der Waals surface area contributed by atoms with E-state index in [2.05, 4.69) is 57.8 Å². The molecule has 0 radical (unpaired) electrons. The van der Waals surface area contributed by atoms with E-state index in [1.807, 2.05) is 26.2 Å². The highest BCUT2D eigenvalue weighted by molar-refractivity contribution is 7.81. The highest BCUT2D eigenvalue weighted by Gasteiger charge is 2.25. The third kappa shape index (κ3) is 11.1. The van der Waals surface area contributed by atoms with Crippen LogP contribution in [0.15, 0.2) is 36.9 Å². The Kier molecular flexibility index (Phi) is 17.3. The van der Waals surface area contributed by atoms with Crippen LogP contribution in [0.2, 0.25) is 0 Å². The van der Waals surface area contributed by atoms with E-state index in [0.717, 1.165) is 71.6 Å². The van der Waals surface area contributed by atoms with Crippen molar-refractivity contribution in [1.29, 1.82) is 0 Å². The lowest BCUT2D eigenvalue weighted by Crippen LogP contribution is -2.35. The SMILES string of the molecule is CN(C)CCC1CN(C)C(=S)c2ccncc2O1.CN(C)CCC1CN(C)C(=S)c2ccncc2O1.Cl.Cl.Cl. The van der Waals surface area contributed by atoms with Gasteiger partial charge in [-0.2, -0.15) is 0 Å². The molecule has 0 bridgehead atoms.